The minimum atomic E-state index is -1.65. The van der Waals surface area contributed by atoms with E-state index in [-0.39, 0.29) is 64.6 Å². The Morgan fingerprint density at radius 3 is 2.63 bits per heavy atom. The van der Waals surface area contributed by atoms with Gasteiger partial charge in [0.1, 0.15) is 35.2 Å². The van der Waals surface area contributed by atoms with Gasteiger partial charge in [0, 0.05) is 60.5 Å². The standard InChI is InChI=1S/C37H36F4N6O2/c1-4-26-29(38)9-6-21-12-25(48)13-27(30(21)26)32-31(39)33-28(15-42-32)35(45-17-23-7-8-24(18-45)47(23)20(2)3)44-36(43-33)49-19-37-10-5-11-46(37)16-22(14-37)34(40)41/h1,6,9,12-13,15,20,23-24,48H,5,7-8,10-11,14,16-19H2,2-3H3. The molecule has 0 saturated carbocycles. The summed E-state index contributed by atoms with van der Waals surface area (Å²) in [4.78, 5) is 20.6. The van der Waals surface area contributed by atoms with Crippen LogP contribution in [0, 0.1) is 24.0 Å². The molecule has 2 bridgehead atoms. The third-order valence-electron chi connectivity index (χ3n) is 10.9. The number of terminal acetylenes is 1. The van der Waals surface area contributed by atoms with Crippen LogP contribution < -0.4 is 9.64 Å². The number of piperazine rings is 1. The molecule has 4 aromatic rings. The fourth-order valence-corrected chi connectivity index (χ4v) is 8.88. The molecule has 8 nitrogen and oxygen atoms in total. The number of phenolic OH excluding ortho intramolecular Hbond substituents is 1. The monoisotopic (exact) mass is 672 g/mol. The molecule has 8 rings (SSSR count). The SMILES string of the molecule is C#Cc1c(F)ccc2cc(O)cc(-c3ncc4c(N5CC6CCC(C5)N6C(C)C)nc(OCC56CCCN5CC(=C(F)F)C6)nc4c3F)c12. The van der Waals surface area contributed by atoms with Gasteiger partial charge >= 0.3 is 6.01 Å². The highest BCUT2D eigenvalue weighted by molar-refractivity contribution is 6.03. The van der Waals surface area contributed by atoms with Crippen LogP contribution in [0.25, 0.3) is 32.9 Å². The summed E-state index contributed by atoms with van der Waals surface area (Å²) in [7, 11) is 0. The molecule has 6 heterocycles. The smallest absolute Gasteiger partial charge is 0.319 e. The Balaban J connectivity index is 1.26. The van der Waals surface area contributed by atoms with Crippen LogP contribution in [0.15, 0.2) is 42.1 Å². The predicted octanol–water partition coefficient (Wildman–Crippen LogP) is 6.64. The summed E-state index contributed by atoms with van der Waals surface area (Å²) in [5, 5.41) is 11.6. The zero-order chi connectivity index (χ0) is 34.2. The summed E-state index contributed by atoms with van der Waals surface area (Å²) in [6.07, 6.45) is 9.37. The van der Waals surface area contributed by atoms with E-state index in [1.807, 2.05) is 4.90 Å². The van der Waals surface area contributed by atoms with E-state index in [1.165, 1.54) is 30.5 Å². The predicted molar refractivity (Wildman–Crippen MR) is 179 cm³/mol. The van der Waals surface area contributed by atoms with Crippen molar-refractivity contribution in [2.45, 2.75) is 69.6 Å². The van der Waals surface area contributed by atoms with Gasteiger partial charge in [-0.3, -0.25) is 14.8 Å². The van der Waals surface area contributed by atoms with E-state index < -0.39 is 23.3 Å². The van der Waals surface area contributed by atoms with Crippen molar-refractivity contribution in [1.82, 2.24) is 24.8 Å². The Morgan fingerprint density at radius 2 is 1.92 bits per heavy atom. The summed E-state index contributed by atoms with van der Waals surface area (Å²) in [6, 6.07) is 6.33. The largest absolute Gasteiger partial charge is 0.508 e. The molecule has 3 unspecified atom stereocenters. The lowest BCUT2D eigenvalue weighted by atomic mass is 9.94. The first-order chi connectivity index (χ1) is 23.6. The van der Waals surface area contributed by atoms with Crippen LogP contribution in [0.5, 0.6) is 11.8 Å². The van der Waals surface area contributed by atoms with Crippen LogP contribution in [0.2, 0.25) is 0 Å². The highest BCUT2D eigenvalue weighted by Crippen LogP contribution is 2.44. The summed E-state index contributed by atoms with van der Waals surface area (Å²) < 4.78 is 65.4. The number of hydrogen-bond donors (Lipinski definition) is 1. The molecular formula is C37H36F4N6O2. The number of phenols is 1. The third-order valence-corrected chi connectivity index (χ3v) is 10.9. The average molecular weight is 673 g/mol. The van der Waals surface area contributed by atoms with E-state index in [2.05, 4.69) is 39.5 Å². The fourth-order valence-electron chi connectivity index (χ4n) is 8.88. The van der Waals surface area contributed by atoms with Gasteiger partial charge in [-0.25, -0.2) is 8.78 Å². The second kappa shape index (κ2) is 11.8. The lowest BCUT2D eigenvalue weighted by Gasteiger charge is -2.44. The van der Waals surface area contributed by atoms with Crippen LogP contribution in [0.1, 0.15) is 51.5 Å². The van der Waals surface area contributed by atoms with Crippen LogP contribution in [0.4, 0.5) is 23.4 Å². The maximum atomic E-state index is 16.9. The Labute approximate surface area is 281 Å². The topological polar surface area (TPSA) is 77.9 Å². The second-order valence-electron chi connectivity index (χ2n) is 14.1. The third kappa shape index (κ3) is 5.17. The molecule has 4 aliphatic heterocycles. The number of halogens is 4. The van der Waals surface area contributed by atoms with E-state index in [0.717, 1.165) is 19.3 Å². The summed E-state index contributed by atoms with van der Waals surface area (Å²) in [5.41, 5.74) is -0.675. The van der Waals surface area contributed by atoms with Crippen molar-refractivity contribution >= 4 is 27.5 Å². The van der Waals surface area contributed by atoms with Crippen LogP contribution in [-0.2, 0) is 0 Å². The van der Waals surface area contributed by atoms with E-state index in [1.54, 1.807) is 0 Å². The number of hydrogen-bond acceptors (Lipinski definition) is 8. The first-order valence-electron chi connectivity index (χ1n) is 16.8. The molecular weight excluding hydrogens is 636 g/mol. The second-order valence-corrected chi connectivity index (χ2v) is 14.1. The maximum absolute atomic E-state index is 16.9. The molecule has 4 fully saturated rings. The van der Waals surface area contributed by atoms with Crippen molar-refractivity contribution in [3.8, 4) is 35.4 Å². The highest BCUT2D eigenvalue weighted by atomic mass is 19.3. The van der Waals surface area contributed by atoms with Crippen molar-refractivity contribution in [3.63, 3.8) is 0 Å². The van der Waals surface area contributed by atoms with Crippen molar-refractivity contribution in [3.05, 3.63) is 59.3 Å². The Bertz CT molecular complexity index is 2060. The van der Waals surface area contributed by atoms with Gasteiger partial charge in [-0.2, -0.15) is 18.7 Å². The van der Waals surface area contributed by atoms with Crippen molar-refractivity contribution in [2.24, 2.45) is 0 Å². The van der Waals surface area contributed by atoms with E-state index in [4.69, 9.17) is 16.1 Å². The van der Waals surface area contributed by atoms with Crippen molar-refractivity contribution in [2.75, 3.05) is 37.7 Å². The molecule has 0 radical (unpaired) electrons. The van der Waals surface area contributed by atoms with Gasteiger partial charge in [-0.15, -0.1) is 6.42 Å². The minimum absolute atomic E-state index is 0.0543. The highest BCUT2D eigenvalue weighted by Gasteiger charge is 2.48. The average Bonchev–Trinajstić information content (AvgIpc) is 3.72. The zero-order valence-electron chi connectivity index (χ0n) is 27.3. The quantitative estimate of drug-likeness (QED) is 0.181. The lowest BCUT2D eigenvalue weighted by Crippen LogP contribution is -2.56. The number of aromatic nitrogens is 3. The molecule has 4 saturated heterocycles. The number of rotatable bonds is 6. The zero-order valence-corrected chi connectivity index (χ0v) is 27.3. The van der Waals surface area contributed by atoms with Gasteiger partial charge in [0.05, 0.1) is 16.5 Å². The molecule has 0 amide bonds. The Hall–Kier alpha value is -4.47. The number of fused-ring (bicyclic) bond motifs is 5. The van der Waals surface area contributed by atoms with Gasteiger partial charge in [0.25, 0.3) is 6.08 Å². The first-order valence-corrected chi connectivity index (χ1v) is 16.8. The summed E-state index contributed by atoms with van der Waals surface area (Å²) in [6.45, 7) is 6.69. The number of benzene rings is 2. The van der Waals surface area contributed by atoms with Crippen molar-refractivity contribution < 1.29 is 27.4 Å². The van der Waals surface area contributed by atoms with Crippen molar-refractivity contribution in [1.29, 1.82) is 0 Å². The van der Waals surface area contributed by atoms with Gasteiger partial charge in [0.2, 0.25) is 0 Å². The summed E-state index contributed by atoms with van der Waals surface area (Å²) in [5.74, 6) is 1.22. The van der Waals surface area contributed by atoms with Crippen LogP contribution in [0.3, 0.4) is 0 Å². The molecule has 49 heavy (non-hydrogen) atoms. The molecule has 254 valence electrons. The fraction of sp³-hybridized carbons (Fsp3) is 0.432. The van der Waals surface area contributed by atoms with Gasteiger partial charge < -0.3 is 14.7 Å². The number of anilines is 1. The number of ether oxygens (including phenoxy) is 1. The molecule has 0 aliphatic carbocycles. The Kier molecular flexibility index (Phi) is 7.68. The van der Waals surface area contributed by atoms with Crippen LogP contribution in [-0.4, -0.2) is 86.3 Å². The normalized spacial score (nSPS) is 24.0. The molecule has 2 aromatic heterocycles. The number of aromatic hydroxyl groups is 1. The maximum Gasteiger partial charge on any atom is 0.319 e. The minimum Gasteiger partial charge on any atom is -0.508 e. The first kappa shape index (κ1) is 31.8. The molecule has 2 aromatic carbocycles. The summed E-state index contributed by atoms with van der Waals surface area (Å²) >= 11 is 0. The Morgan fingerprint density at radius 1 is 1.14 bits per heavy atom. The van der Waals surface area contributed by atoms with E-state index in [9.17, 15) is 18.3 Å². The molecule has 0 spiro atoms. The molecule has 3 atom stereocenters. The lowest BCUT2D eigenvalue weighted by molar-refractivity contribution is 0.107. The van der Waals surface area contributed by atoms with E-state index in [0.29, 0.717) is 60.8 Å². The van der Waals surface area contributed by atoms with Crippen LogP contribution >= 0.6 is 0 Å². The van der Waals surface area contributed by atoms with Gasteiger partial charge in [-0.05, 0) is 76.1 Å². The van der Waals surface area contributed by atoms with Gasteiger partial charge in [0.15, 0.2) is 5.82 Å². The molecule has 12 heteroatoms. The number of pyridine rings is 1. The van der Waals surface area contributed by atoms with E-state index >= 15 is 4.39 Å². The molecule has 1 N–H and O–H groups in total. The molecule has 4 aliphatic rings. The van der Waals surface area contributed by atoms with Gasteiger partial charge in [-0.1, -0.05) is 12.0 Å². The number of nitrogens with zero attached hydrogens (tertiary/aromatic N) is 6.